The predicted octanol–water partition coefficient (Wildman–Crippen LogP) is 2.34. The van der Waals surface area contributed by atoms with E-state index in [4.69, 9.17) is 5.73 Å². The van der Waals surface area contributed by atoms with Gasteiger partial charge in [-0.2, -0.15) is 0 Å². The number of nitrogens with two attached hydrogens (primary N) is 1. The summed E-state index contributed by atoms with van der Waals surface area (Å²) in [6.07, 6.45) is -4.88. The Morgan fingerprint density at radius 3 is 2.52 bits per heavy atom. The maximum absolute atomic E-state index is 12.3. The molecule has 0 heterocycles. The summed E-state index contributed by atoms with van der Waals surface area (Å²) in [7, 11) is 0. The molecule has 4 N–H and O–H groups in total. The van der Waals surface area contributed by atoms with Crippen LogP contribution in [0.2, 0.25) is 0 Å². The number of anilines is 1. The molecule has 1 unspecified atom stereocenters. The zero-order chi connectivity index (χ0) is 16.2. The lowest BCUT2D eigenvalue weighted by molar-refractivity contribution is -0.274. The lowest BCUT2D eigenvalue weighted by atomic mass is 10.2. The van der Waals surface area contributed by atoms with E-state index in [9.17, 15) is 22.8 Å². The van der Waals surface area contributed by atoms with Crippen LogP contribution in [0.4, 0.5) is 23.7 Å². The smallest absolute Gasteiger partial charge is 0.404 e. The van der Waals surface area contributed by atoms with Crippen LogP contribution in [0.15, 0.2) is 22.7 Å². The average molecular weight is 370 g/mol. The summed E-state index contributed by atoms with van der Waals surface area (Å²) in [5, 5.41) is 4.31. The van der Waals surface area contributed by atoms with Gasteiger partial charge in [-0.15, -0.1) is 13.2 Å². The second kappa shape index (κ2) is 6.66. The van der Waals surface area contributed by atoms with Crippen molar-refractivity contribution in [2.24, 2.45) is 5.73 Å². The van der Waals surface area contributed by atoms with Gasteiger partial charge in [-0.3, -0.25) is 10.1 Å². The highest BCUT2D eigenvalue weighted by Gasteiger charge is 2.32. The number of primary amides is 1. The van der Waals surface area contributed by atoms with Crippen LogP contribution >= 0.6 is 15.9 Å². The lowest BCUT2D eigenvalue weighted by Gasteiger charge is -2.18. The number of amides is 3. The predicted molar refractivity (Wildman–Crippen MR) is 71.6 cm³/mol. The third-order valence-electron chi connectivity index (χ3n) is 2.18. The molecule has 0 spiro atoms. The molecule has 1 atom stereocenters. The zero-order valence-electron chi connectivity index (χ0n) is 10.6. The molecule has 1 aromatic rings. The number of nitrogens with one attached hydrogen (secondary N) is 2. The highest BCUT2D eigenvalue weighted by Crippen LogP contribution is 2.33. The molecule has 3 amide bonds. The minimum atomic E-state index is -4.88. The van der Waals surface area contributed by atoms with Gasteiger partial charge in [-0.25, -0.2) is 4.79 Å². The monoisotopic (exact) mass is 369 g/mol. The van der Waals surface area contributed by atoms with E-state index < -0.39 is 30.1 Å². The quantitative estimate of drug-likeness (QED) is 0.759. The van der Waals surface area contributed by atoms with Gasteiger partial charge in [0.05, 0.1) is 5.69 Å². The van der Waals surface area contributed by atoms with Crippen molar-refractivity contribution >= 4 is 33.6 Å². The van der Waals surface area contributed by atoms with Crippen molar-refractivity contribution in [1.29, 1.82) is 0 Å². The molecule has 6 nitrogen and oxygen atoms in total. The van der Waals surface area contributed by atoms with Gasteiger partial charge in [0.15, 0.2) is 5.75 Å². The minimum Gasteiger partial charge on any atom is -0.404 e. The molecule has 0 bridgehead atoms. The van der Waals surface area contributed by atoms with E-state index in [-0.39, 0.29) is 5.69 Å². The molecular formula is C11H11BrF3N3O3. The standard InChI is InChI=1S/C11H11BrF3N3O3/c1-5(9(19)18-10(16)20)17-7-3-2-6(12)4-8(7)21-11(13,14)15/h2-5,17H,1H3,(H3,16,18,19,20). The summed E-state index contributed by atoms with van der Waals surface area (Å²) < 4.78 is 41.2. The molecule has 0 saturated carbocycles. The van der Waals surface area contributed by atoms with Crippen LogP contribution in [0.1, 0.15) is 6.92 Å². The number of benzene rings is 1. The molecule has 0 aromatic heterocycles. The first-order chi connectivity index (χ1) is 9.58. The van der Waals surface area contributed by atoms with Gasteiger partial charge in [0, 0.05) is 4.47 Å². The van der Waals surface area contributed by atoms with Crippen molar-refractivity contribution in [3.63, 3.8) is 0 Å². The van der Waals surface area contributed by atoms with Gasteiger partial charge in [0.25, 0.3) is 0 Å². The fourth-order valence-corrected chi connectivity index (χ4v) is 1.69. The topological polar surface area (TPSA) is 93.4 Å². The van der Waals surface area contributed by atoms with Gasteiger partial charge >= 0.3 is 12.4 Å². The van der Waals surface area contributed by atoms with Crippen molar-refractivity contribution in [2.75, 3.05) is 5.32 Å². The summed E-state index contributed by atoms with van der Waals surface area (Å²) in [4.78, 5) is 22.0. The average Bonchev–Trinajstić information content (AvgIpc) is 2.29. The summed E-state index contributed by atoms with van der Waals surface area (Å²) in [6.45, 7) is 1.34. The fraction of sp³-hybridized carbons (Fsp3) is 0.273. The summed E-state index contributed by atoms with van der Waals surface area (Å²) in [5.41, 5.74) is 4.71. The minimum absolute atomic E-state index is 0.0670. The van der Waals surface area contributed by atoms with E-state index in [0.717, 1.165) is 6.07 Å². The number of hydrogen-bond acceptors (Lipinski definition) is 4. The van der Waals surface area contributed by atoms with Gasteiger partial charge in [-0.1, -0.05) is 15.9 Å². The fourth-order valence-electron chi connectivity index (χ4n) is 1.35. The molecule has 10 heteroatoms. The Balaban J connectivity index is 2.92. The number of alkyl halides is 3. The van der Waals surface area contributed by atoms with Gasteiger partial charge in [-0.05, 0) is 25.1 Å². The Morgan fingerprint density at radius 1 is 1.38 bits per heavy atom. The normalized spacial score (nSPS) is 12.4. The number of rotatable bonds is 4. The molecule has 0 aliphatic rings. The Hall–Kier alpha value is -1.97. The first kappa shape index (κ1) is 17.1. The Morgan fingerprint density at radius 2 is 2.00 bits per heavy atom. The molecule has 21 heavy (non-hydrogen) atoms. The number of urea groups is 1. The van der Waals surface area contributed by atoms with Gasteiger partial charge < -0.3 is 15.8 Å². The van der Waals surface area contributed by atoms with Crippen LogP contribution in [0, 0.1) is 0 Å². The summed E-state index contributed by atoms with van der Waals surface area (Å²) in [6, 6.07) is 1.78. The van der Waals surface area contributed by atoms with E-state index in [2.05, 4.69) is 26.0 Å². The summed E-state index contributed by atoms with van der Waals surface area (Å²) in [5.74, 6) is -1.31. The van der Waals surface area contributed by atoms with Crippen molar-refractivity contribution in [2.45, 2.75) is 19.3 Å². The molecule has 0 fully saturated rings. The zero-order valence-corrected chi connectivity index (χ0v) is 12.2. The van der Waals surface area contributed by atoms with Crippen LogP contribution in [0.5, 0.6) is 5.75 Å². The molecular weight excluding hydrogens is 359 g/mol. The third-order valence-corrected chi connectivity index (χ3v) is 2.67. The van der Waals surface area contributed by atoms with Crippen molar-refractivity contribution in [3.05, 3.63) is 22.7 Å². The first-order valence-corrected chi connectivity index (χ1v) is 6.30. The lowest BCUT2D eigenvalue weighted by Crippen LogP contribution is -2.43. The number of hydrogen-bond donors (Lipinski definition) is 3. The van der Waals surface area contributed by atoms with E-state index in [1.165, 1.54) is 19.1 Å². The van der Waals surface area contributed by atoms with Gasteiger partial charge in [0.1, 0.15) is 6.04 Å². The number of imide groups is 1. The maximum atomic E-state index is 12.3. The third kappa shape index (κ3) is 5.90. The van der Waals surface area contributed by atoms with Crippen LogP contribution in [-0.2, 0) is 4.79 Å². The molecule has 0 aliphatic carbocycles. The first-order valence-electron chi connectivity index (χ1n) is 5.50. The molecule has 116 valence electrons. The van der Waals surface area contributed by atoms with Gasteiger partial charge in [0.2, 0.25) is 5.91 Å². The maximum Gasteiger partial charge on any atom is 0.573 e. The number of carbonyl (C=O) groups is 2. The van der Waals surface area contributed by atoms with Crippen LogP contribution < -0.4 is 21.1 Å². The van der Waals surface area contributed by atoms with Crippen LogP contribution in [0.25, 0.3) is 0 Å². The number of halogens is 4. The molecule has 0 radical (unpaired) electrons. The SMILES string of the molecule is CC(Nc1ccc(Br)cc1OC(F)(F)F)C(=O)NC(N)=O. The summed E-state index contributed by atoms with van der Waals surface area (Å²) >= 11 is 3.02. The van der Waals surface area contributed by atoms with E-state index >= 15 is 0 Å². The van der Waals surface area contributed by atoms with Crippen molar-refractivity contribution < 1.29 is 27.5 Å². The second-order valence-electron chi connectivity index (χ2n) is 3.91. The number of ether oxygens (including phenoxy) is 1. The van der Waals surface area contributed by atoms with E-state index in [0.29, 0.717) is 4.47 Å². The second-order valence-corrected chi connectivity index (χ2v) is 4.82. The highest BCUT2D eigenvalue weighted by molar-refractivity contribution is 9.10. The molecule has 0 saturated heterocycles. The van der Waals surface area contributed by atoms with Crippen LogP contribution in [0.3, 0.4) is 0 Å². The number of carbonyl (C=O) groups excluding carboxylic acids is 2. The Kier molecular flexibility index (Phi) is 5.41. The van der Waals surface area contributed by atoms with Crippen molar-refractivity contribution in [1.82, 2.24) is 5.32 Å². The largest absolute Gasteiger partial charge is 0.573 e. The molecule has 0 aliphatic heterocycles. The van der Waals surface area contributed by atoms with E-state index in [1.54, 1.807) is 0 Å². The Labute approximate surface area is 125 Å². The highest BCUT2D eigenvalue weighted by atomic mass is 79.9. The van der Waals surface area contributed by atoms with Crippen molar-refractivity contribution in [3.8, 4) is 5.75 Å². The van der Waals surface area contributed by atoms with E-state index in [1.807, 2.05) is 5.32 Å². The van der Waals surface area contributed by atoms with Crippen LogP contribution in [-0.4, -0.2) is 24.3 Å². The molecule has 1 rings (SSSR count). The Bertz CT molecular complexity index is 551. The molecule has 1 aromatic carbocycles.